The molecule has 2 heterocycles. The van der Waals surface area contributed by atoms with Gasteiger partial charge in [-0.05, 0) is 19.3 Å². The van der Waals surface area contributed by atoms with Crippen LogP contribution in [0.1, 0.15) is 32.0 Å². The molecule has 1 amide bonds. The summed E-state index contributed by atoms with van der Waals surface area (Å²) in [5, 5.41) is 2.86. The first-order valence-electron chi connectivity index (χ1n) is 7.75. The van der Waals surface area contributed by atoms with Crippen LogP contribution < -0.4 is 5.32 Å². The summed E-state index contributed by atoms with van der Waals surface area (Å²) < 4.78 is 13.0. The lowest BCUT2D eigenvalue weighted by atomic mass is 10.1. The van der Waals surface area contributed by atoms with Gasteiger partial charge in [-0.1, -0.05) is 6.92 Å². The predicted molar refractivity (Wildman–Crippen MR) is 79.0 cm³/mol. The standard InChI is InChI=1S/C15H25N3O3/c1-2-14-16-6-8-18(14)9-7-17-15(19)12-20-11-13-5-3-4-10-21-13/h6,8,13H,2-5,7,9-12H2,1H3,(H,17,19)/t13-/m0/s1. The van der Waals surface area contributed by atoms with Crippen LogP contribution in [-0.2, 0) is 27.2 Å². The van der Waals surface area contributed by atoms with E-state index in [0.29, 0.717) is 13.2 Å². The molecule has 0 unspecified atom stereocenters. The van der Waals surface area contributed by atoms with Crippen LogP contribution in [-0.4, -0.2) is 47.9 Å². The van der Waals surface area contributed by atoms with Crippen molar-refractivity contribution in [1.29, 1.82) is 0 Å². The Labute approximate surface area is 125 Å². The van der Waals surface area contributed by atoms with Gasteiger partial charge in [0.05, 0.1) is 12.7 Å². The number of hydrogen-bond acceptors (Lipinski definition) is 4. The number of hydrogen-bond donors (Lipinski definition) is 1. The highest BCUT2D eigenvalue weighted by atomic mass is 16.5. The number of nitrogens with zero attached hydrogens (tertiary/aromatic N) is 2. The van der Waals surface area contributed by atoms with E-state index in [9.17, 15) is 4.79 Å². The molecule has 1 N–H and O–H groups in total. The molecular weight excluding hydrogens is 270 g/mol. The van der Waals surface area contributed by atoms with Crippen LogP contribution in [0, 0.1) is 0 Å². The van der Waals surface area contributed by atoms with Gasteiger partial charge >= 0.3 is 0 Å². The lowest BCUT2D eigenvalue weighted by Gasteiger charge is -2.22. The highest BCUT2D eigenvalue weighted by molar-refractivity contribution is 5.77. The Balaban J connectivity index is 1.55. The fourth-order valence-electron chi connectivity index (χ4n) is 2.45. The van der Waals surface area contributed by atoms with Crippen molar-refractivity contribution in [3.05, 3.63) is 18.2 Å². The van der Waals surface area contributed by atoms with E-state index in [1.165, 1.54) is 6.42 Å². The zero-order valence-electron chi connectivity index (χ0n) is 12.7. The summed E-state index contributed by atoms with van der Waals surface area (Å²) in [6.45, 7) is 4.81. The molecule has 1 aromatic heterocycles. The zero-order chi connectivity index (χ0) is 14.9. The van der Waals surface area contributed by atoms with Gasteiger partial charge in [0.2, 0.25) is 5.91 Å². The van der Waals surface area contributed by atoms with Gasteiger partial charge in [0, 0.05) is 38.5 Å². The third kappa shape index (κ3) is 5.47. The van der Waals surface area contributed by atoms with E-state index in [0.717, 1.165) is 38.2 Å². The Hall–Kier alpha value is -1.40. The maximum Gasteiger partial charge on any atom is 0.246 e. The number of aromatic nitrogens is 2. The van der Waals surface area contributed by atoms with Crippen molar-refractivity contribution < 1.29 is 14.3 Å². The first-order chi connectivity index (χ1) is 10.3. The molecule has 1 saturated heterocycles. The second kappa shape index (κ2) is 8.79. The van der Waals surface area contributed by atoms with Crippen molar-refractivity contribution >= 4 is 5.91 Å². The number of imidazole rings is 1. The quantitative estimate of drug-likeness (QED) is 0.781. The Kier molecular flexibility index (Phi) is 6.69. The Morgan fingerprint density at radius 1 is 1.57 bits per heavy atom. The zero-order valence-corrected chi connectivity index (χ0v) is 12.7. The van der Waals surface area contributed by atoms with Gasteiger partial charge in [0.15, 0.2) is 0 Å². The maximum absolute atomic E-state index is 11.7. The molecule has 0 spiro atoms. The summed E-state index contributed by atoms with van der Waals surface area (Å²) in [5.74, 6) is 0.957. The summed E-state index contributed by atoms with van der Waals surface area (Å²) in [5.41, 5.74) is 0. The smallest absolute Gasteiger partial charge is 0.246 e. The molecule has 1 aromatic rings. The Bertz CT molecular complexity index is 428. The molecule has 1 aliphatic heterocycles. The molecule has 0 radical (unpaired) electrons. The van der Waals surface area contributed by atoms with Crippen LogP contribution in [0.25, 0.3) is 0 Å². The van der Waals surface area contributed by atoms with Crippen molar-refractivity contribution in [2.75, 3.05) is 26.4 Å². The van der Waals surface area contributed by atoms with Crippen LogP contribution in [0.5, 0.6) is 0 Å². The molecule has 6 heteroatoms. The van der Waals surface area contributed by atoms with Gasteiger partial charge < -0.3 is 19.4 Å². The largest absolute Gasteiger partial charge is 0.376 e. The summed E-state index contributed by atoms with van der Waals surface area (Å²) in [4.78, 5) is 15.9. The first kappa shape index (κ1) is 16.0. The molecule has 1 aliphatic rings. The normalized spacial score (nSPS) is 18.6. The van der Waals surface area contributed by atoms with E-state index in [2.05, 4.69) is 21.8 Å². The van der Waals surface area contributed by atoms with E-state index in [-0.39, 0.29) is 18.6 Å². The van der Waals surface area contributed by atoms with Gasteiger partial charge in [-0.15, -0.1) is 0 Å². The molecule has 1 fully saturated rings. The molecule has 0 aromatic carbocycles. The molecule has 2 rings (SSSR count). The molecule has 21 heavy (non-hydrogen) atoms. The van der Waals surface area contributed by atoms with Crippen molar-refractivity contribution in [3.63, 3.8) is 0 Å². The van der Waals surface area contributed by atoms with Crippen LogP contribution >= 0.6 is 0 Å². The monoisotopic (exact) mass is 295 g/mol. The van der Waals surface area contributed by atoms with Gasteiger partial charge in [-0.2, -0.15) is 0 Å². The number of nitrogens with one attached hydrogen (secondary N) is 1. The summed E-state index contributed by atoms with van der Waals surface area (Å²) >= 11 is 0. The molecule has 0 saturated carbocycles. The van der Waals surface area contributed by atoms with E-state index >= 15 is 0 Å². The second-order valence-electron chi connectivity index (χ2n) is 5.24. The van der Waals surface area contributed by atoms with E-state index in [1.54, 1.807) is 6.20 Å². The highest BCUT2D eigenvalue weighted by Crippen LogP contribution is 2.12. The molecular formula is C15H25N3O3. The van der Waals surface area contributed by atoms with Crippen molar-refractivity contribution in [1.82, 2.24) is 14.9 Å². The number of carbonyl (C=O) groups is 1. The maximum atomic E-state index is 11.7. The minimum absolute atomic E-state index is 0.0797. The minimum atomic E-state index is -0.0797. The van der Waals surface area contributed by atoms with Crippen LogP contribution in [0.3, 0.4) is 0 Å². The van der Waals surface area contributed by atoms with E-state index in [4.69, 9.17) is 9.47 Å². The third-order valence-corrected chi connectivity index (χ3v) is 3.60. The van der Waals surface area contributed by atoms with Crippen LogP contribution in [0.4, 0.5) is 0 Å². The molecule has 0 aliphatic carbocycles. The van der Waals surface area contributed by atoms with E-state index < -0.39 is 0 Å². The van der Waals surface area contributed by atoms with Crippen molar-refractivity contribution in [3.8, 4) is 0 Å². The highest BCUT2D eigenvalue weighted by Gasteiger charge is 2.14. The van der Waals surface area contributed by atoms with Crippen LogP contribution in [0.2, 0.25) is 0 Å². The minimum Gasteiger partial charge on any atom is -0.376 e. The van der Waals surface area contributed by atoms with Crippen molar-refractivity contribution in [2.24, 2.45) is 0 Å². The van der Waals surface area contributed by atoms with Gasteiger partial charge in [-0.25, -0.2) is 4.98 Å². The predicted octanol–water partition coefficient (Wildman–Crippen LogP) is 1.15. The summed E-state index contributed by atoms with van der Waals surface area (Å²) in [6.07, 6.45) is 8.11. The fraction of sp³-hybridized carbons (Fsp3) is 0.733. The molecule has 6 nitrogen and oxygen atoms in total. The fourth-order valence-corrected chi connectivity index (χ4v) is 2.45. The number of amides is 1. The average Bonchev–Trinajstić information content (AvgIpc) is 2.96. The van der Waals surface area contributed by atoms with Gasteiger partial charge in [-0.3, -0.25) is 4.79 Å². The van der Waals surface area contributed by atoms with Crippen molar-refractivity contribution in [2.45, 2.75) is 45.3 Å². The summed E-state index contributed by atoms with van der Waals surface area (Å²) in [6, 6.07) is 0. The molecule has 118 valence electrons. The number of ether oxygens (including phenoxy) is 2. The first-order valence-corrected chi connectivity index (χ1v) is 7.75. The average molecular weight is 295 g/mol. The number of carbonyl (C=O) groups excluding carboxylic acids is 1. The third-order valence-electron chi connectivity index (χ3n) is 3.60. The lowest BCUT2D eigenvalue weighted by Crippen LogP contribution is -2.32. The SMILES string of the molecule is CCc1nccn1CCNC(=O)COC[C@@H]1CCCCO1. The number of rotatable bonds is 8. The topological polar surface area (TPSA) is 65.4 Å². The van der Waals surface area contributed by atoms with Gasteiger partial charge in [0.1, 0.15) is 12.4 Å². The van der Waals surface area contributed by atoms with E-state index in [1.807, 2.05) is 6.20 Å². The van der Waals surface area contributed by atoms with Crippen LogP contribution in [0.15, 0.2) is 12.4 Å². The molecule has 1 atom stereocenters. The molecule has 0 bridgehead atoms. The van der Waals surface area contributed by atoms with Gasteiger partial charge in [0.25, 0.3) is 0 Å². The number of aryl methyl sites for hydroxylation is 1. The summed E-state index contributed by atoms with van der Waals surface area (Å²) in [7, 11) is 0. The Morgan fingerprint density at radius 2 is 2.48 bits per heavy atom. The second-order valence-corrected chi connectivity index (χ2v) is 5.24. The lowest BCUT2D eigenvalue weighted by molar-refractivity contribution is -0.127. The Morgan fingerprint density at radius 3 is 3.24 bits per heavy atom.